The van der Waals surface area contributed by atoms with Crippen LogP contribution in [0.1, 0.15) is 213 Å². The molecule has 7 aromatic rings. The number of nitrogens with one attached hydrogen (secondary N) is 2. The van der Waals surface area contributed by atoms with E-state index in [1.165, 1.54) is 39.0 Å². The Hall–Kier alpha value is -8.36. The molecule has 132 heavy (non-hydrogen) atoms. The van der Waals surface area contributed by atoms with Gasteiger partial charge in [-0.3, -0.25) is 42.4 Å². The first kappa shape index (κ1) is 107. The number of fused-ring (bicyclic) bond motifs is 2. The monoisotopic (exact) mass is 1940 g/mol. The van der Waals surface area contributed by atoms with Gasteiger partial charge in [-0.15, -0.1) is 0 Å². The first-order valence-corrected chi connectivity index (χ1v) is 53.3. The topological polar surface area (TPSA) is 608 Å². The molecule has 730 valence electrons. The molecule has 0 aromatic carbocycles. The van der Waals surface area contributed by atoms with E-state index in [1.54, 1.807) is 15.5 Å². The lowest BCUT2D eigenvalue weighted by Crippen LogP contribution is -2.46. The van der Waals surface area contributed by atoms with Crippen molar-refractivity contribution in [2.75, 3.05) is 68.2 Å². The molecule has 18 atom stereocenters. The quantitative estimate of drug-likeness (QED) is 0.00777. The predicted octanol–water partition coefficient (Wildman–Crippen LogP) is 9.41. The minimum absolute atomic E-state index is 0.000600. The molecule has 0 aliphatic carbocycles. The van der Waals surface area contributed by atoms with Crippen LogP contribution in [0, 0.1) is 29.2 Å². The van der Waals surface area contributed by atoms with Crippen molar-refractivity contribution in [2.24, 2.45) is 0 Å². The lowest BCUT2D eigenvalue weighted by atomic mass is 10.1. The molecule has 0 bridgehead atoms. The van der Waals surface area contributed by atoms with Gasteiger partial charge in [-0.05, 0) is 111 Å². The highest BCUT2D eigenvalue weighted by molar-refractivity contribution is 7.45. The van der Waals surface area contributed by atoms with E-state index in [0.29, 0.717) is 75.9 Å². The number of nitrogens with zero attached hydrogens (tertiary/aromatic N) is 20. The second kappa shape index (κ2) is 47.9. The van der Waals surface area contributed by atoms with Crippen LogP contribution in [0.2, 0.25) is 36.3 Å². The first-order valence-electron chi connectivity index (χ1n) is 44.2. The number of nitriles is 2. The summed E-state index contributed by atoms with van der Waals surface area (Å²) in [4.78, 5) is 109. The Balaban J connectivity index is 0.000000210. The number of hydrogen-bond donors (Lipinski definition) is 8. The minimum atomic E-state index is -2.28. The number of aromatic amines is 2. The third kappa shape index (κ3) is 28.0. The molecule has 5 aliphatic heterocycles. The average Bonchev–Trinajstić information content (AvgIpc) is 1.62. The van der Waals surface area contributed by atoms with Gasteiger partial charge in [0.15, 0.2) is 39.0 Å². The molecule has 8 unspecified atom stereocenters. The summed E-state index contributed by atoms with van der Waals surface area (Å²) in [5.41, 5.74) is 26.6. The number of aliphatic hydroxyl groups excluding tert-OH is 1. The average molecular weight is 1940 g/mol. The number of nitrogens with two attached hydrogens (primary N) is 5. The Morgan fingerprint density at radius 1 is 0.492 bits per heavy atom. The first-order chi connectivity index (χ1) is 62.2. The van der Waals surface area contributed by atoms with Gasteiger partial charge < -0.3 is 103 Å². The molecule has 0 amide bonds. The van der Waals surface area contributed by atoms with Gasteiger partial charge in [-0.2, -0.15) is 35.4 Å². The molecule has 0 saturated carbocycles. The highest BCUT2D eigenvalue weighted by Crippen LogP contribution is 2.53. The largest absolute Gasteiger partial charge is 0.411 e. The number of imidazole rings is 2. The molecule has 52 heteroatoms. The summed E-state index contributed by atoms with van der Waals surface area (Å²) in [6.07, 6.45) is 5.24. The Labute approximate surface area is 772 Å². The van der Waals surface area contributed by atoms with Crippen molar-refractivity contribution >= 4 is 94.4 Å². The predicted molar refractivity (Wildman–Crippen MR) is 497 cm³/mol. The molecular weight excluding hydrogens is 1810 g/mol. The van der Waals surface area contributed by atoms with E-state index in [0.717, 1.165) is 6.42 Å². The van der Waals surface area contributed by atoms with Gasteiger partial charge in [0.1, 0.15) is 68.9 Å². The van der Waals surface area contributed by atoms with Crippen molar-refractivity contribution < 1.29 is 69.3 Å². The van der Waals surface area contributed by atoms with Crippen LogP contribution in [0.25, 0.3) is 27.2 Å². The Kier molecular flexibility index (Phi) is 38.9. The number of nitrogen functional groups attached to an aromatic ring is 5. The van der Waals surface area contributed by atoms with Crippen LogP contribution in [0.15, 0.2) is 55.6 Å². The van der Waals surface area contributed by atoms with Crippen molar-refractivity contribution in [3.05, 3.63) is 95.2 Å². The summed E-state index contributed by atoms with van der Waals surface area (Å²) in [5.74, 6) is -0.266. The molecule has 47 nitrogen and oxygen atoms in total. The molecule has 5 aliphatic rings. The van der Waals surface area contributed by atoms with Gasteiger partial charge in [0, 0.05) is 56.3 Å². The fourth-order valence-corrected chi connectivity index (χ4v) is 21.9. The summed E-state index contributed by atoms with van der Waals surface area (Å²) in [6.45, 7) is 52.7. The molecule has 13 N–H and O–H groups in total. The van der Waals surface area contributed by atoms with Crippen molar-refractivity contribution in [3.63, 3.8) is 0 Å². The molecular formula is C80H132N27O20P3Si2. The van der Waals surface area contributed by atoms with E-state index in [2.05, 4.69) is 209 Å². The molecule has 5 fully saturated rings. The lowest BCUT2D eigenvalue weighted by Gasteiger charge is -2.40. The molecule has 0 spiro atoms. The zero-order valence-corrected chi connectivity index (χ0v) is 83.7. The zero-order valence-electron chi connectivity index (χ0n) is 79.0. The van der Waals surface area contributed by atoms with Crippen molar-refractivity contribution in [1.82, 2.24) is 92.0 Å². The number of aliphatic hydroxyl groups is 1. The summed E-state index contributed by atoms with van der Waals surface area (Å²) < 4.78 is 99.5. The van der Waals surface area contributed by atoms with E-state index in [1.807, 2.05) is 20.8 Å². The maximum absolute atomic E-state index is 12.5. The van der Waals surface area contributed by atoms with Crippen LogP contribution in [0.4, 0.5) is 29.7 Å². The summed E-state index contributed by atoms with van der Waals surface area (Å²) in [6, 6.07) is 5.00. The van der Waals surface area contributed by atoms with E-state index >= 15 is 0 Å². The number of ether oxygens (including phenoxy) is 5. The van der Waals surface area contributed by atoms with E-state index in [9.17, 15) is 29.1 Å². The van der Waals surface area contributed by atoms with E-state index in [4.69, 9.17) is 110 Å². The third-order valence-electron chi connectivity index (χ3n) is 23.2. The fourth-order valence-electron chi connectivity index (χ4n) is 14.7. The van der Waals surface area contributed by atoms with E-state index < -0.39 is 126 Å². The van der Waals surface area contributed by atoms with Crippen molar-refractivity contribution in [2.45, 2.75) is 335 Å². The van der Waals surface area contributed by atoms with Crippen LogP contribution in [0.3, 0.4) is 0 Å². The maximum atomic E-state index is 12.5. The van der Waals surface area contributed by atoms with E-state index in [-0.39, 0.29) is 144 Å². The number of aromatic nitrogens is 17. The second-order valence-electron chi connectivity index (χ2n) is 36.1. The molecule has 12 rings (SSSR count). The normalized spacial score (nSPS) is 24.2. The molecule has 0 radical (unpaired) electrons. The van der Waals surface area contributed by atoms with Crippen LogP contribution >= 0.6 is 25.7 Å². The van der Waals surface area contributed by atoms with Crippen LogP contribution in [-0.2, 0) is 64.2 Å². The standard InChI is InChI=1S/C28H43N10O8PSi.C25H44N7O5PSi.C18H31N6O4P.C9H14N4O3/c1-8-16-17(11-21(43-16)38-15-33-25(29)36-27(38)40)45-47(41-10-9-31-5)42-13-19-18(46-48(6,7)28(2,3)4)12-20(44-19)37-14-32-22-23(37)34-26(30)35-24(22)39;1-16(2)32(17(3)4)38(34-12-10-11-26)35-14-19-18(37-39(8,9)25(5,6)7)13-20(36-19)31-15-28-21-22(31)29-24(27)30-23(21)33;1-6-14-15(10-16(27-14)23-11-21-17(20)22-18(23)25)28-29(26-9-7-8-19)24(12(2)3)13(4)5;1-2-6-5(14)3-7(16-6)13-4-11-8(10)12-9(13)15/h14-21H,8-13H2,1-4,6-7H3,(H2,29,36,40)(H3,30,34,35,39);15-20H,10,12-14H2,1-9H3,(H3,27,29,30,33);11-16H,6-7,9-10H2,1-5H3,(H2,20,22,25);4-7,14H,2-3H2,1H3,(H2,10,12,15)/t16-,17?,18?,19-,20-,21-,47?;18?,19-,20-,38?;14-,15?,16-,29?;5?,6-,7-/m1111/s1. The number of hydrogen-bond acceptors (Lipinski definition) is 39. The summed E-state index contributed by atoms with van der Waals surface area (Å²) >= 11 is 0. The Morgan fingerprint density at radius 2 is 0.841 bits per heavy atom. The number of H-pyrrole nitrogens is 2. The highest BCUT2D eigenvalue weighted by atomic mass is 31.2. The summed E-state index contributed by atoms with van der Waals surface area (Å²) in [5, 5.41) is 27.5. The minimum Gasteiger partial charge on any atom is -0.411 e. The smallest absolute Gasteiger partial charge is 0.354 e. The Bertz CT molecular complexity index is 5330. The third-order valence-corrected chi connectivity index (χ3v) is 37.6. The SMILES string of the molecule is CC(C)N(C(C)C)P(OCCC#N)OC[C@H]1O[C@@H](n2cnc3c(=O)[nH]c(N)nc32)CC1O[Si](C)(C)C(C)(C)C.CC[C@H]1O[C@@H](n2cnc(N)nc2=O)CC1O.CC[C@H]1O[C@@H](n2cnc(N)nc2=O)CC1OP(OCCC#N)N(C(C)C)C(C)C.[C-]#[N+]CCOP(OC[C@H]1O[C@@H](n2cnc3c(=O)[nH]c(N)nc32)CC1O[Si](C)(C)C(C)(C)C)OC1C[C@H](n2cnc(N)nc2=O)O[C@@H]1CC. The molecule has 7 aromatic heterocycles. The zero-order chi connectivity index (χ0) is 97.2. The highest BCUT2D eigenvalue weighted by Gasteiger charge is 2.50. The van der Waals surface area contributed by atoms with Gasteiger partial charge in [-0.1, -0.05) is 62.3 Å². The number of rotatable bonds is 37. The van der Waals surface area contributed by atoms with Gasteiger partial charge in [0.05, 0.1) is 113 Å². The summed E-state index contributed by atoms with van der Waals surface area (Å²) in [7, 11) is -9.25. The molecule has 5 saturated heterocycles. The lowest BCUT2D eigenvalue weighted by molar-refractivity contribution is -0.0443. The van der Waals surface area contributed by atoms with Gasteiger partial charge in [0.25, 0.3) is 28.2 Å². The van der Waals surface area contributed by atoms with Crippen molar-refractivity contribution in [1.29, 1.82) is 10.5 Å². The van der Waals surface area contributed by atoms with Crippen LogP contribution < -0.4 is 56.9 Å². The fraction of sp³-hybridized carbons (Fsp3) is 0.725. The Morgan fingerprint density at radius 3 is 1.21 bits per heavy atom. The van der Waals surface area contributed by atoms with Crippen LogP contribution in [-0.4, -0.2) is 239 Å². The number of anilines is 5. The van der Waals surface area contributed by atoms with Gasteiger partial charge >= 0.3 is 25.7 Å². The van der Waals surface area contributed by atoms with Crippen LogP contribution in [0.5, 0.6) is 0 Å². The maximum Gasteiger partial charge on any atom is 0.354 e. The second-order valence-corrected chi connectivity index (χ2v) is 49.7. The van der Waals surface area contributed by atoms with Crippen molar-refractivity contribution in [3.8, 4) is 12.1 Å². The molecule has 12 heterocycles. The van der Waals surface area contributed by atoms with Gasteiger partial charge in [-0.25, -0.2) is 55.2 Å². The van der Waals surface area contributed by atoms with Gasteiger partial charge in [0.2, 0.25) is 36.3 Å².